The lowest BCUT2D eigenvalue weighted by Gasteiger charge is -2.38. The molecule has 1 N–H and O–H groups in total. The van der Waals surface area contributed by atoms with Gasteiger partial charge in [0.1, 0.15) is 0 Å². The Bertz CT molecular complexity index is 164. The van der Waals surface area contributed by atoms with Crippen LogP contribution in [0.3, 0.4) is 0 Å². The number of hydrogen-bond acceptors (Lipinski definition) is 3. The first-order chi connectivity index (χ1) is 7.29. The van der Waals surface area contributed by atoms with E-state index in [0.717, 1.165) is 12.6 Å². The van der Waals surface area contributed by atoms with Crippen molar-refractivity contribution in [2.45, 2.75) is 45.2 Å². The Balaban J connectivity index is 2.44. The van der Waals surface area contributed by atoms with E-state index in [0.29, 0.717) is 6.04 Å². The third-order valence-corrected chi connectivity index (χ3v) is 4.29. The number of unbranched alkanes of at least 4 members (excludes halogenated alkanes) is 1. The Hall–Kier alpha value is 0.270. The highest BCUT2D eigenvalue weighted by Crippen LogP contribution is 2.20. The predicted octanol–water partition coefficient (Wildman–Crippen LogP) is 2.20. The van der Waals surface area contributed by atoms with Gasteiger partial charge in [-0.1, -0.05) is 26.7 Å². The average molecular weight is 230 g/mol. The van der Waals surface area contributed by atoms with Gasteiger partial charge in [0.25, 0.3) is 0 Å². The molecular weight excluding hydrogens is 204 g/mol. The first-order valence-electron chi connectivity index (χ1n) is 6.31. The van der Waals surface area contributed by atoms with Crippen molar-refractivity contribution in [3.05, 3.63) is 0 Å². The van der Waals surface area contributed by atoms with Gasteiger partial charge in [-0.25, -0.2) is 0 Å². The molecule has 2 unspecified atom stereocenters. The van der Waals surface area contributed by atoms with Crippen molar-refractivity contribution in [1.82, 2.24) is 10.2 Å². The van der Waals surface area contributed by atoms with Crippen LogP contribution in [0, 0.1) is 0 Å². The third-order valence-electron chi connectivity index (χ3n) is 3.24. The van der Waals surface area contributed by atoms with Crippen LogP contribution in [-0.2, 0) is 0 Å². The van der Waals surface area contributed by atoms with Gasteiger partial charge in [0.2, 0.25) is 0 Å². The lowest BCUT2D eigenvalue weighted by molar-refractivity contribution is 0.207. The molecule has 0 saturated carbocycles. The molecule has 3 heteroatoms. The summed E-state index contributed by atoms with van der Waals surface area (Å²) < 4.78 is 0. The van der Waals surface area contributed by atoms with Crippen LogP contribution in [0.2, 0.25) is 0 Å². The summed E-state index contributed by atoms with van der Waals surface area (Å²) >= 11 is 2.11. The predicted molar refractivity (Wildman–Crippen MR) is 70.7 cm³/mol. The van der Waals surface area contributed by atoms with Gasteiger partial charge >= 0.3 is 0 Å². The highest BCUT2D eigenvalue weighted by molar-refractivity contribution is 7.99. The molecule has 1 aliphatic rings. The fourth-order valence-electron chi connectivity index (χ4n) is 2.25. The molecule has 15 heavy (non-hydrogen) atoms. The fourth-order valence-corrected chi connectivity index (χ4v) is 3.56. The molecule has 1 rings (SSSR count). The maximum absolute atomic E-state index is 3.66. The van der Waals surface area contributed by atoms with E-state index in [-0.39, 0.29) is 0 Å². The Morgan fingerprint density at radius 3 is 2.87 bits per heavy atom. The van der Waals surface area contributed by atoms with Gasteiger partial charge in [0, 0.05) is 30.1 Å². The number of nitrogens with one attached hydrogen (secondary N) is 1. The maximum atomic E-state index is 3.66. The average Bonchev–Trinajstić information content (AvgIpc) is 2.25. The van der Waals surface area contributed by atoms with Crippen molar-refractivity contribution in [2.75, 3.05) is 31.6 Å². The van der Waals surface area contributed by atoms with Crippen LogP contribution in [0.25, 0.3) is 0 Å². The van der Waals surface area contributed by atoms with E-state index in [9.17, 15) is 0 Å². The normalized spacial score (nSPS) is 25.4. The van der Waals surface area contributed by atoms with Crippen molar-refractivity contribution >= 4 is 11.8 Å². The lowest BCUT2D eigenvalue weighted by atomic mass is 10.0. The summed E-state index contributed by atoms with van der Waals surface area (Å²) in [5, 5.41) is 3.66. The van der Waals surface area contributed by atoms with Gasteiger partial charge in [-0.05, 0) is 20.0 Å². The summed E-state index contributed by atoms with van der Waals surface area (Å²) in [7, 11) is 2.28. The highest BCUT2D eigenvalue weighted by Gasteiger charge is 2.26. The highest BCUT2D eigenvalue weighted by atomic mass is 32.2. The minimum Gasteiger partial charge on any atom is -0.313 e. The quantitative estimate of drug-likeness (QED) is 0.753. The van der Waals surface area contributed by atoms with Crippen LogP contribution in [0.15, 0.2) is 0 Å². The van der Waals surface area contributed by atoms with Gasteiger partial charge in [-0.3, -0.25) is 0 Å². The standard InChI is InChI=1S/C12H26N2S/c1-4-6-7-11(13-5-2)12-10-15-9-8-14(12)3/h11-13H,4-10H2,1-3H3. The smallest absolute Gasteiger partial charge is 0.0337 e. The minimum absolute atomic E-state index is 0.702. The Kier molecular flexibility index (Phi) is 6.69. The van der Waals surface area contributed by atoms with E-state index in [2.05, 4.69) is 42.9 Å². The van der Waals surface area contributed by atoms with Gasteiger partial charge in [-0.15, -0.1) is 0 Å². The molecule has 2 atom stereocenters. The summed E-state index contributed by atoms with van der Waals surface area (Å²) in [4.78, 5) is 2.54. The molecule has 90 valence electrons. The summed E-state index contributed by atoms with van der Waals surface area (Å²) in [6.45, 7) is 6.85. The van der Waals surface area contributed by atoms with Gasteiger partial charge in [0.15, 0.2) is 0 Å². The number of likely N-dealkylation sites (N-methyl/N-ethyl adjacent to an activating group) is 2. The van der Waals surface area contributed by atoms with Crippen LogP contribution in [0.5, 0.6) is 0 Å². The Morgan fingerprint density at radius 2 is 2.27 bits per heavy atom. The molecule has 0 bridgehead atoms. The molecule has 1 aliphatic heterocycles. The second kappa shape index (κ2) is 7.53. The minimum atomic E-state index is 0.702. The van der Waals surface area contributed by atoms with Crippen molar-refractivity contribution in [3.63, 3.8) is 0 Å². The SMILES string of the molecule is CCCCC(NCC)C1CSCCN1C. The molecule has 0 amide bonds. The van der Waals surface area contributed by atoms with Gasteiger partial charge in [0.05, 0.1) is 0 Å². The van der Waals surface area contributed by atoms with Crippen molar-refractivity contribution in [3.8, 4) is 0 Å². The Morgan fingerprint density at radius 1 is 1.47 bits per heavy atom. The van der Waals surface area contributed by atoms with Gasteiger partial charge < -0.3 is 10.2 Å². The van der Waals surface area contributed by atoms with Crippen LogP contribution < -0.4 is 5.32 Å². The first-order valence-corrected chi connectivity index (χ1v) is 7.46. The molecule has 0 spiro atoms. The van der Waals surface area contributed by atoms with E-state index in [4.69, 9.17) is 0 Å². The molecule has 1 heterocycles. The van der Waals surface area contributed by atoms with E-state index in [1.807, 2.05) is 0 Å². The maximum Gasteiger partial charge on any atom is 0.0337 e. The third kappa shape index (κ3) is 4.33. The number of nitrogens with zero attached hydrogens (tertiary/aromatic N) is 1. The van der Waals surface area contributed by atoms with E-state index in [1.165, 1.54) is 37.3 Å². The summed E-state index contributed by atoms with van der Waals surface area (Å²) in [6, 6.07) is 1.45. The molecule has 1 fully saturated rings. The largest absolute Gasteiger partial charge is 0.313 e. The zero-order valence-corrected chi connectivity index (χ0v) is 11.3. The van der Waals surface area contributed by atoms with Crippen molar-refractivity contribution in [2.24, 2.45) is 0 Å². The molecule has 1 saturated heterocycles. The lowest BCUT2D eigenvalue weighted by Crippen LogP contribution is -2.52. The van der Waals surface area contributed by atoms with Crippen LogP contribution in [0.1, 0.15) is 33.1 Å². The molecule has 0 aromatic heterocycles. The van der Waals surface area contributed by atoms with Gasteiger partial charge in [-0.2, -0.15) is 11.8 Å². The zero-order chi connectivity index (χ0) is 11.1. The molecule has 0 aliphatic carbocycles. The second-order valence-electron chi connectivity index (χ2n) is 4.43. The summed E-state index contributed by atoms with van der Waals surface area (Å²) in [6.07, 6.45) is 4.00. The topological polar surface area (TPSA) is 15.3 Å². The molecule has 0 aromatic carbocycles. The first kappa shape index (κ1) is 13.3. The van der Waals surface area contributed by atoms with Crippen LogP contribution >= 0.6 is 11.8 Å². The fraction of sp³-hybridized carbons (Fsp3) is 1.00. The van der Waals surface area contributed by atoms with E-state index >= 15 is 0 Å². The number of rotatable bonds is 6. The monoisotopic (exact) mass is 230 g/mol. The van der Waals surface area contributed by atoms with Crippen LogP contribution in [0.4, 0.5) is 0 Å². The molecule has 0 aromatic rings. The number of thioether (sulfide) groups is 1. The van der Waals surface area contributed by atoms with E-state index < -0.39 is 0 Å². The second-order valence-corrected chi connectivity index (χ2v) is 5.58. The zero-order valence-electron chi connectivity index (χ0n) is 10.5. The van der Waals surface area contributed by atoms with E-state index in [1.54, 1.807) is 0 Å². The summed E-state index contributed by atoms with van der Waals surface area (Å²) in [5.41, 5.74) is 0. The number of hydrogen-bond donors (Lipinski definition) is 1. The Labute approximate surface area is 99.2 Å². The molecule has 2 nitrogen and oxygen atoms in total. The molecular formula is C12H26N2S. The van der Waals surface area contributed by atoms with Crippen molar-refractivity contribution in [1.29, 1.82) is 0 Å². The summed E-state index contributed by atoms with van der Waals surface area (Å²) in [5.74, 6) is 2.61. The van der Waals surface area contributed by atoms with Crippen LogP contribution in [-0.4, -0.2) is 48.6 Å². The molecule has 0 radical (unpaired) electrons. The van der Waals surface area contributed by atoms with Crippen molar-refractivity contribution < 1.29 is 0 Å².